The van der Waals surface area contributed by atoms with E-state index in [1.165, 1.54) is 6.20 Å². The summed E-state index contributed by atoms with van der Waals surface area (Å²) >= 11 is 0. The van der Waals surface area contributed by atoms with E-state index in [1.807, 2.05) is 102 Å². The Morgan fingerprint density at radius 3 is 1.83 bits per heavy atom. The molecule has 234 valence electrons. The van der Waals surface area contributed by atoms with E-state index in [2.05, 4.69) is 68.1 Å². The molecule has 0 bridgehead atoms. The zero-order valence-electron chi connectivity index (χ0n) is 26.1. The van der Waals surface area contributed by atoms with Crippen LogP contribution >= 0.6 is 0 Å². The minimum absolute atomic E-state index is 0.0291. The third kappa shape index (κ3) is 5.58. The van der Waals surface area contributed by atoms with Crippen molar-refractivity contribution < 1.29 is 9.90 Å². The maximum absolute atomic E-state index is 11.7. The van der Waals surface area contributed by atoms with Crippen LogP contribution in [0.2, 0.25) is 0 Å². The summed E-state index contributed by atoms with van der Waals surface area (Å²) < 4.78 is 1.94. The van der Waals surface area contributed by atoms with Crippen LogP contribution in [0.4, 0.5) is 5.82 Å². The molecule has 0 amide bonds. The second kappa shape index (κ2) is 13.1. The molecular weight excluding hydrogens is 598 g/mol. The predicted octanol–water partition coefficient (Wildman–Crippen LogP) is 7.26. The highest BCUT2D eigenvalue weighted by Gasteiger charge is 2.42. The summed E-state index contributed by atoms with van der Waals surface area (Å²) in [6, 6.07) is 47.2. The average Bonchev–Trinajstić information content (AvgIpc) is 3.63. The van der Waals surface area contributed by atoms with Crippen LogP contribution in [0.3, 0.4) is 0 Å². The normalized spacial score (nSPS) is 11.3. The van der Waals surface area contributed by atoms with Crippen LogP contribution in [-0.4, -0.2) is 41.3 Å². The quantitative estimate of drug-likeness (QED) is 0.152. The van der Waals surface area contributed by atoms with Gasteiger partial charge >= 0.3 is 5.97 Å². The molecule has 0 radical (unpaired) electrons. The molecule has 9 heteroatoms. The van der Waals surface area contributed by atoms with Gasteiger partial charge in [-0.25, -0.2) is 19.4 Å². The van der Waals surface area contributed by atoms with Crippen molar-refractivity contribution in [3.63, 3.8) is 0 Å². The molecule has 7 aromatic rings. The molecule has 0 spiro atoms. The lowest BCUT2D eigenvalue weighted by Crippen LogP contribution is -2.39. The average molecular weight is 630 g/mol. The van der Waals surface area contributed by atoms with E-state index in [1.54, 1.807) is 6.92 Å². The molecule has 2 aromatic heterocycles. The number of anilines is 1. The number of hydrogen-bond donors (Lipinski definition) is 2. The maximum Gasteiger partial charge on any atom is 0.341 e. The van der Waals surface area contributed by atoms with E-state index in [0.717, 1.165) is 38.9 Å². The van der Waals surface area contributed by atoms with Crippen molar-refractivity contribution in [2.45, 2.75) is 19.0 Å². The summed E-state index contributed by atoms with van der Waals surface area (Å²) in [6.45, 7) is 2.12. The van der Waals surface area contributed by atoms with Gasteiger partial charge in [-0.15, -0.1) is 5.10 Å². The molecule has 0 fully saturated rings. The Balaban J connectivity index is 1.31. The Morgan fingerprint density at radius 2 is 1.27 bits per heavy atom. The van der Waals surface area contributed by atoms with E-state index in [9.17, 15) is 9.90 Å². The number of nitrogens with one attached hydrogen (secondary N) is 1. The fourth-order valence-corrected chi connectivity index (χ4v) is 6.16. The third-order valence-corrected chi connectivity index (χ3v) is 8.39. The number of tetrazole rings is 1. The van der Waals surface area contributed by atoms with Crippen molar-refractivity contribution in [3.8, 4) is 22.5 Å². The van der Waals surface area contributed by atoms with Crippen LogP contribution in [0.5, 0.6) is 0 Å². The maximum atomic E-state index is 11.7. The van der Waals surface area contributed by atoms with Crippen LogP contribution in [0.25, 0.3) is 22.5 Å². The van der Waals surface area contributed by atoms with Gasteiger partial charge in [0.1, 0.15) is 22.7 Å². The fraction of sp³-hybridized carbons (Fsp3) is 0.0769. The van der Waals surface area contributed by atoms with Gasteiger partial charge in [0.05, 0.1) is 0 Å². The molecule has 0 unspecified atom stereocenters. The Bertz CT molecular complexity index is 2070. The van der Waals surface area contributed by atoms with Gasteiger partial charge in [0.25, 0.3) is 0 Å². The second-order valence-electron chi connectivity index (χ2n) is 11.3. The lowest BCUT2D eigenvalue weighted by molar-refractivity contribution is 0.0697. The minimum atomic E-state index is -1.08. The number of nitrogens with zero attached hydrogens (tertiary/aromatic N) is 6. The van der Waals surface area contributed by atoms with Gasteiger partial charge in [-0.1, -0.05) is 140 Å². The zero-order valence-corrected chi connectivity index (χ0v) is 26.1. The van der Waals surface area contributed by atoms with E-state index >= 15 is 0 Å². The zero-order chi connectivity index (χ0) is 32.9. The molecular formula is C39H31N7O2. The first-order valence-electron chi connectivity index (χ1n) is 15.5. The van der Waals surface area contributed by atoms with Crippen LogP contribution in [-0.2, 0) is 12.1 Å². The van der Waals surface area contributed by atoms with Gasteiger partial charge < -0.3 is 10.4 Å². The number of hydrogen-bond acceptors (Lipinski definition) is 7. The molecule has 0 saturated carbocycles. The van der Waals surface area contributed by atoms with Gasteiger partial charge in [0.2, 0.25) is 0 Å². The van der Waals surface area contributed by atoms with Crippen molar-refractivity contribution in [1.82, 2.24) is 30.2 Å². The smallest absolute Gasteiger partial charge is 0.341 e. The number of carboxylic acids is 1. The molecule has 7 rings (SSSR count). The lowest BCUT2D eigenvalue weighted by Gasteiger charge is -2.36. The minimum Gasteiger partial charge on any atom is -0.477 e. The van der Waals surface area contributed by atoms with Crippen molar-refractivity contribution in [1.29, 1.82) is 0 Å². The Morgan fingerprint density at radius 1 is 0.729 bits per heavy atom. The molecule has 0 aliphatic rings. The molecule has 0 saturated heterocycles. The Labute approximate surface area is 277 Å². The highest BCUT2D eigenvalue weighted by atomic mass is 16.4. The molecule has 2 N–H and O–H groups in total. The molecule has 9 nitrogen and oxygen atoms in total. The number of aryl methyl sites for hydroxylation is 1. The summed E-state index contributed by atoms with van der Waals surface area (Å²) in [7, 11) is 0. The van der Waals surface area contributed by atoms with Crippen molar-refractivity contribution in [2.75, 3.05) is 5.32 Å². The van der Waals surface area contributed by atoms with Crippen molar-refractivity contribution in [2.24, 2.45) is 0 Å². The molecule has 0 atom stereocenters. The summed E-state index contributed by atoms with van der Waals surface area (Å²) in [6.07, 6.45) is 1.32. The van der Waals surface area contributed by atoms with Crippen LogP contribution in [0.15, 0.2) is 146 Å². The predicted molar refractivity (Wildman–Crippen MR) is 184 cm³/mol. The van der Waals surface area contributed by atoms with Gasteiger partial charge in [0.15, 0.2) is 5.82 Å². The Kier molecular flexibility index (Phi) is 8.24. The number of aromatic carboxylic acids is 1. The van der Waals surface area contributed by atoms with Crippen LogP contribution in [0.1, 0.15) is 38.4 Å². The van der Waals surface area contributed by atoms with Crippen LogP contribution in [0, 0.1) is 6.92 Å². The SMILES string of the molecule is Cc1ncc(C(=O)O)c(NCc2ccc(-c3ccccc3-c3nnnn3C(c3ccccc3)(c3ccccc3)c3ccccc3)cc2)n1. The topological polar surface area (TPSA) is 119 Å². The first kappa shape index (κ1) is 30.2. The Hall–Kier alpha value is -6.48. The number of carboxylic acid groups (broad SMARTS) is 1. The van der Waals surface area contributed by atoms with E-state index in [0.29, 0.717) is 18.2 Å². The van der Waals surface area contributed by atoms with Crippen molar-refractivity contribution in [3.05, 3.63) is 179 Å². The first-order valence-corrected chi connectivity index (χ1v) is 15.5. The molecule has 0 aliphatic carbocycles. The van der Waals surface area contributed by atoms with Gasteiger partial charge in [0, 0.05) is 18.3 Å². The first-order chi connectivity index (χ1) is 23.6. The van der Waals surface area contributed by atoms with E-state index in [-0.39, 0.29) is 11.4 Å². The van der Waals surface area contributed by atoms with Gasteiger partial charge in [-0.05, 0) is 50.7 Å². The van der Waals surface area contributed by atoms with Gasteiger partial charge in [-0.2, -0.15) is 0 Å². The standard InChI is InChI=1S/C39H31N7O2/c1-27-40-26-35(38(47)48)36(42-27)41-25-28-21-23-29(24-22-28)33-19-11-12-20-34(33)37-43-44-45-46(37)39(30-13-5-2-6-14-30,31-15-7-3-8-16-31)32-17-9-4-10-18-32/h2-24,26H,25H2,1H3,(H,47,48)(H,40,41,42). The molecule has 2 heterocycles. The summed E-state index contributed by atoms with van der Waals surface area (Å²) in [5, 5.41) is 26.3. The van der Waals surface area contributed by atoms with Gasteiger partial charge in [-0.3, -0.25) is 0 Å². The molecule has 0 aliphatic heterocycles. The fourth-order valence-electron chi connectivity index (χ4n) is 6.16. The highest BCUT2D eigenvalue weighted by molar-refractivity contribution is 5.92. The van der Waals surface area contributed by atoms with E-state index in [4.69, 9.17) is 5.21 Å². The summed E-state index contributed by atoms with van der Waals surface area (Å²) in [5.74, 6) is 0.318. The lowest BCUT2D eigenvalue weighted by atomic mass is 9.77. The summed E-state index contributed by atoms with van der Waals surface area (Å²) in [5.41, 5.74) is 6.02. The largest absolute Gasteiger partial charge is 0.477 e. The van der Waals surface area contributed by atoms with E-state index < -0.39 is 11.5 Å². The third-order valence-electron chi connectivity index (χ3n) is 8.39. The van der Waals surface area contributed by atoms with Crippen LogP contribution < -0.4 is 5.32 Å². The molecule has 5 aromatic carbocycles. The summed E-state index contributed by atoms with van der Waals surface area (Å²) in [4.78, 5) is 20.0. The number of benzene rings is 5. The number of rotatable bonds is 10. The van der Waals surface area contributed by atoms with Crippen molar-refractivity contribution >= 4 is 11.8 Å². The number of aromatic nitrogens is 6. The monoisotopic (exact) mass is 629 g/mol. The highest BCUT2D eigenvalue weighted by Crippen LogP contribution is 2.43. The number of carbonyl (C=O) groups is 1. The second-order valence-corrected chi connectivity index (χ2v) is 11.3. The molecule has 48 heavy (non-hydrogen) atoms.